The minimum atomic E-state index is -0.655. The molecule has 0 spiro atoms. The van der Waals surface area contributed by atoms with Crippen LogP contribution in [0, 0.1) is 10.1 Å². The van der Waals surface area contributed by atoms with Crippen LogP contribution >= 0.6 is 0 Å². The number of rotatable bonds is 5. The summed E-state index contributed by atoms with van der Waals surface area (Å²) in [6, 6.07) is 12.4. The van der Waals surface area contributed by atoms with Crippen LogP contribution in [0.5, 0.6) is 5.75 Å². The zero-order chi connectivity index (χ0) is 17.8. The largest absolute Gasteiger partial charge is 0.477 e. The SMILES string of the molecule is O=C(COc1ccccc1[N+](=O)[O-])Nn1cnc2ccccc2c1=O. The van der Waals surface area contributed by atoms with Gasteiger partial charge in [-0.15, -0.1) is 0 Å². The zero-order valence-corrected chi connectivity index (χ0v) is 12.8. The Kier molecular flexibility index (Phi) is 4.38. The number of hydrogen-bond acceptors (Lipinski definition) is 6. The number of carbonyl (C=O) groups is 1. The number of nitrogens with zero attached hydrogens (tertiary/aromatic N) is 3. The number of para-hydroxylation sites is 3. The number of benzene rings is 2. The first kappa shape index (κ1) is 16.1. The molecular weight excluding hydrogens is 328 g/mol. The lowest BCUT2D eigenvalue weighted by molar-refractivity contribution is -0.385. The second-order valence-corrected chi connectivity index (χ2v) is 4.99. The predicted octanol–water partition coefficient (Wildman–Crippen LogP) is 1.45. The molecule has 0 fully saturated rings. The Morgan fingerprint density at radius 2 is 1.92 bits per heavy atom. The van der Waals surface area contributed by atoms with Gasteiger partial charge in [-0.05, 0) is 18.2 Å². The lowest BCUT2D eigenvalue weighted by Gasteiger charge is -2.09. The van der Waals surface area contributed by atoms with E-state index in [9.17, 15) is 19.7 Å². The van der Waals surface area contributed by atoms with Gasteiger partial charge in [0.05, 0.1) is 15.8 Å². The van der Waals surface area contributed by atoms with E-state index in [1.807, 2.05) is 0 Å². The van der Waals surface area contributed by atoms with Crippen LogP contribution in [0.3, 0.4) is 0 Å². The van der Waals surface area contributed by atoms with Gasteiger partial charge in [0.2, 0.25) is 0 Å². The fraction of sp³-hybridized carbons (Fsp3) is 0.0625. The summed E-state index contributed by atoms with van der Waals surface area (Å²) in [4.78, 5) is 38.6. The molecule has 3 rings (SSSR count). The van der Waals surface area contributed by atoms with Gasteiger partial charge in [0.15, 0.2) is 12.4 Å². The molecule has 0 aliphatic heterocycles. The van der Waals surface area contributed by atoms with E-state index in [1.165, 1.54) is 24.5 Å². The molecular formula is C16H12N4O5. The van der Waals surface area contributed by atoms with Crippen molar-refractivity contribution in [1.82, 2.24) is 9.66 Å². The van der Waals surface area contributed by atoms with Crippen LogP contribution in [0.4, 0.5) is 5.69 Å². The Balaban J connectivity index is 1.73. The molecule has 1 heterocycles. The molecule has 0 saturated heterocycles. The van der Waals surface area contributed by atoms with Gasteiger partial charge >= 0.3 is 5.69 Å². The molecule has 1 amide bonds. The molecule has 9 nitrogen and oxygen atoms in total. The van der Waals surface area contributed by atoms with Gasteiger partial charge in [0.25, 0.3) is 11.5 Å². The van der Waals surface area contributed by atoms with E-state index >= 15 is 0 Å². The first-order chi connectivity index (χ1) is 12.1. The molecule has 0 unspecified atom stereocenters. The number of nitro benzene ring substituents is 1. The maximum Gasteiger partial charge on any atom is 0.310 e. The molecule has 25 heavy (non-hydrogen) atoms. The summed E-state index contributed by atoms with van der Waals surface area (Å²) in [5, 5.41) is 11.2. The van der Waals surface area contributed by atoms with Gasteiger partial charge in [-0.3, -0.25) is 25.1 Å². The van der Waals surface area contributed by atoms with Crippen molar-refractivity contribution in [1.29, 1.82) is 0 Å². The highest BCUT2D eigenvalue weighted by molar-refractivity contribution is 5.85. The van der Waals surface area contributed by atoms with Crippen molar-refractivity contribution < 1.29 is 14.5 Å². The standard InChI is InChI=1S/C16H12N4O5/c21-15(9-25-14-8-4-3-7-13(14)20(23)24)18-19-10-17-12-6-2-1-5-11(12)16(19)22/h1-8,10H,9H2,(H,18,21). The molecule has 0 saturated carbocycles. The summed E-state index contributed by atoms with van der Waals surface area (Å²) in [6.07, 6.45) is 1.19. The highest BCUT2D eigenvalue weighted by Crippen LogP contribution is 2.25. The number of amides is 1. The third kappa shape index (κ3) is 3.44. The van der Waals surface area contributed by atoms with Gasteiger partial charge in [0, 0.05) is 6.07 Å². The van der Waals surface area contributed by atoms with Crippen molar-refractivity contribution in [2.75, 3.05) is 12.0 Å². The molecule has 0 radical (unpaired) electrons. The van der Waals surface area contributed by atoms with Crippen molar-refractivity contribution in [3.8, 4) is 5.75 Å². The Bertz CT molecular complexity index is 1010. The number of fused-ring (bicyclic) bond motifs is 1. The fourth-order valence-electron chi connectivity index (χ4n) is 2.19. The highest BCUT2D eigenvalue weighted by atomic mass is 16.6. The summed E-state index contributed by atoms with van der Waals surface area (Å²) >= 11 is 0. The maximum absolute atomic E-state index is 12.3. The molecule has 0 bridgehead atoms. The summed E-state index contributed by atoms with van der Waals surface area (Å²) < 4.78 is 6.11. The second kappa shape index (κ2) is 6.79. The molecule has 2 aromatic carbocycles. The van der Waals surface area contributed by atoms with Crippen molar-refractivity contribution >= 4 is 22.5 Å². The van der Waals surface area contributed by atoms with Crippen LogP contribution in [0.15, 0.2) is 59.7 Å². The lowest BCUT2D eigenvalue weighted by atomic mass is 10.2. The van der Waals surface area contributed by atoms with Gasteiger partial charge in [-0.25, -0.2) is 9.66 Å². The average molecular weight is 340 g/mol. The normalized spacial score (nSPS) is 10.4. The van der Waals surface area contributed by atoms with Crippen LogP contribution in [0.2, 0.25) is 0 Å². The Hall–Kier alpha value is -3.75. The van der Waals surface area contributed by atoms with Gasteiger partial charge in [0.1, 0.15) is 6.33 Å². The molecule has 1 N–H and O–H groups in total. The van der Waals surface area contributed by atoms with Crippen molar-refractivity contribution in [2.24, 2.45) is 0 Å². The molecule has 126 valence electrons. The number of nitro groups is 1. The Labute approximate surface area is 140 Å². The predicted molar refractivity (Wildman–Crippen MR) is 89.0 cm³/mol. The third-order valence-electron chi connectivity index (χ3n) is 3.33. The Morgan fingerprint density at radius 3 is 2.72 bits per heavy atom. The van der Waals surface area contributed by atoms with Gasteiger partial charge in [-0.2, -0.15) is 0 Å². The number of nitrogens with one attached hydrogen (secondary N) is 1. The molecule has 1 aromatic heterocycles. The van der Waals surface area contributed by atoms with E-state index in [0.29, 0.717) is 10.9 Å². The monoisotopic (exact) mass is 340 g/mol. The molecule has 0 aliphatic carbocycles. The van der Waals surface area contributed by atoms with E-state index in [-0.39, 0.29) is 11.4 Å². The lowest BCUT2D eigenvalue weighted by Crippen LogP contribution is -2.35. The first-order valence-electron chi connectivity index (χ1n) is 7.19. The first-order valence-corrected chi connectivity index (χ1v) is 7.19. The van der Waals surface area contributed by atoms with Crippen molar-refractivity contribution in [2.45, 2.75) is 0 Å². The number of aromatic nitrogens is 2. The van der Waals surface area contributed by atoms with Crippen LogP contribution in [0.1, 0.15) is 0 Å². The highest BCUT2D eigenvalue weighted by Gasteiger charge is 2.15. The average Bonchev–Trinajstić information content (AvgIpc) is 2.63. The van der Waals surface area contributed by atoms with Crippen molar-refractivity contribution in [3.63, 3.8) is 0 Å². The fourth-order valence-corrected chi connectivity index (χ4v) is 2.19. The van der Waals surface area contributed by atoms with E-state index in [0.717, 1.165) is 4.68 Å². The van der Waals surface area contributed by atoms with Gasteiger partial charge in [-0.1, -0.05) is 24.3 Å². The van der Waals surface area contributed by atoms with Crippen LogP contribution in [-0.2, 0) is 4.79 Å². The second-order valence-electron chi connectivity index (χ2n) is 4.99. The molecule has 3 aromatic rings. The van der Waals surface area contributed by atoms with Gasteiger partial charge < -0.3 is 4.74 Å². The van der Waals surface area contributed by atoms with E-state index in [2.05, 4.69) is 10.4 Å². The minimum Gasteiger partial charge on any atom is -0.477 e. The van der Waals surface area contributed by atoms with Crippen molar-refractivity contribution in [3.05, 3.63) is 75.3 Å². The zero-order valence-electron chi connectivity index (χ0n) is 12.8. The Morgan fingerprint density at radius 1 is 1.20 bits per heavy atom. The summed E-state index contributed by atoms with van der Waals surface area (Å²) in [7, 11) is 0. The molecule has 9 heteroatoms. The van der Waals surface area contributed by atoms with E-state index < -0.39 is 23.0 Å². The quantitative estimate of drug-likeness (QED) is 0.555. The number of hydrogen-bond donors (Lipinski definition) is 1. The minimum absolute atomic E-state index is 0.0355. The smallest absolute Gasteiger partial charge is 0.310 e. The number of carbonyl (C=O) groups excluding carboxylic acids is 1. The summed E-state index contributed by atoms with van der Waals surface area (Å²) in [5.41, 5.74) is 2.15. The van der Waals surface area contributed by atoms with E-state index in [4.69, 9.17) is 4.74 Å². The maximum atomic E-state index is 12.3. The molecule has 0 aliphatic rings. The summed E-state index contributed by atoms with van der Waals surface area (Å²) in [5.74, 6) is -0.691. The summed E-state index contributed by atoms with van der Waals surface area (Å²) in [6.45, 7) is -0.496. The number of ether oxygens (including phenoxy) is 1. The topological polar surface area (TPSA) is 116 Å². The third-order valence-corrected chi connectivity index (χ3v) is 3.33. The van der Waals surface area contributed by atoms with Crippen LogP contribution in [-0.4, -0.2) is 27.1 Å². The van der Waals surface area contributed by atoms with Crippen LogP contribution in [0.25, 0.3) is 10.9 Å². The van der Waals surface area contributed by atoms with E-state index in [1.54, 1.807) is 30.3 Å². The van der Waals surface area contributed by atoms with Crippen LogP contribution < -0.4 is 15.7 Å². The molecule has 0 atom stereocenters.